The minimum atomic E-state index is -0.373. The lowest BCUT2D eigenvalue weighted by Gasteiger charge is -1.98. The van der Waals surface area contributed by atoms with Crippen LogP contribution < -0.4 is 5.63 Å². The summed E-state index contributed by atoms with van der Waals surface area (Å²) in [5.41, 5.74) is 0.158. The third-order valence-electron chi connectivity index (χ3n) is 1.65. The van der Waals surface area contributed by atoms with Crippen molar-refractivity contribution in [2.45, 2.75) is 0 Å². The zero-order valence-corrected chi connectivity index (χ0v) is 8.72. The topological polar surface area (TPSA) is 30.2 Å². The van der Waals surface area contributed by atoms with Gasteiger partial charge in [0.15, 0.2) is 0 Å². The fourth-order valence-corrected chi connectivity index (χ4v) is 1.77. The van der Waals surface area contributed by atoms with Gasteiger partial charge in [-0.05, 0) is 34.1 Å². The molecule has 0 radical (unpaired) electrons. The van der Waals surface area contributed by atoms with E-state index in [1.807, 2.05) is 0 Å². The molecule has 2 rings (SSSR count). The highest BCUT2D eigenvalue weighted by atomic mass is 79.9. The van der Waals surface area contributed by atoms with E-state index in [0.29, 0.717) is 15.1 Å². The molecule has 0 aliphatic carbocycles. The van der Waals surface area contributed by atoms with Crippen molar-refractivity contribution in [3.8, 4) is 0 Å². The summed E-state index contributed by atoms with van der Waals surface area (Å²) in [6.45, 7) is 0. The maximum atomic E-state index is 11.0. The quantitative estimate of drug-likeness (QED) is 0.680. The van der Waals surface area contributed by atoms with E-state index in [1.54, 1.807) is 18.2 Å². The number of fused-ring (bicyclic) bond motifs is 1. The molecule has 0 aliphatic rings. The van der Waals surface area contributed by atoms with E-state index in [1.165, 1.54) is 6.07 Å². The van der Waals surface area contributed by atoms with Crippen LogP contribution >= 0.6 is 27.5 Å². The summed E-state index contributed by atoms with van der Waals surface area (Å²) in [5, 5.41) is 1.41. The number of halogens is 2. The maximum Gasteiger partial charge on any atom is 0.337 e. The monoisotopic (exact) mass is 258 g/mol. The molecule has 0 bridgehead atoms. The van der Waals surface area contributed by atoms with Gasteiger partial charge in [0.25, 0.3) is 0 Å². The van der Waals surface area contributed by atoms with E-state index in [-0.39, 0.29) is 5.63 Å². The van der Waals surface area contributed by atoms with Crippen molar-refractivity contribution in [3.05, 3.63) is 44.2 Å². The van der Waals surface area contributed by atoms with Gasteiger partial charge < -0.3 is 4.42 Å². The van der Waals surface area contributed by atoms with Crippen molar-refractivity contribution in [2.75, 3.05) is 0 Å². The molecule has 2 aromatic rings. The first-order chi connectivity index (χ1) is 6.16. The highest BCUT2D eigenvalue weighted by molar-refractivity contribution is 9.10. The molecule has 4 heteroatoms. The molecule has 0 amide bonds. The van der Waals surface area contributed by atoms with Gasteiger partial charge in [0, 0.05) is 20.9 Å². The van der Waals surface area contributed by atoms with Crippen molar-refractivity contribution in [1.82, 2.24) is 0 Å². The standard InChI is InChI=1S/C9H4BrClO2/c10-7-4-9(12)13-8-2-1-5(11)3-6(7)8/h1-4H. The van der Waals surface area contributed by atoms with Crippen LogP contribution in [-0.4, -0.2) is 0 Å². The summed E-state index contributed by atoms with van der Waals surface area (Å²) in [6, 6.07) is 6.46. The van der Waals surface area contributed by atoms with Crippen LogP contribution in [0.3, 0.4) is 0 Å². The summed E-state index contributed by atoms with van der Waals surface area (Å²) in [6.07, 6.45) is 0. The Morgan fingerprint density at radius 3 is 2.85 bits per heavy atom. The van der Waals surface area contributed by atoms with E-state index in [9.17, 15) is 4.79 Å². The average Bonchev–Trinajstić information content (AvgIpc) is 2.06. The first kappa shape index (κ1) is 8.78. The second-order valence-corrected chi connectivity index (χ2v) is 3.84. The van der Waals surface area contributed by atoms with Gasteiger partial charge in [-0.15, -0.1) is 0 Å². The van der Waals surface area contributed by atoms with E-state index >= 15 is 0 Å². The molecule has 1 aromatic heterocycles. The van der Waals surface area contributed by atoms with Gasteiger partial charge >= 0.3 is 5.63 Å². The van der Waals surface area contributed by atoms with Gasteiger partial charge in [-0.2, -0.15) is 0 Å². The Kier molecular flexibility index (Phi) is 2.14. The van der Waals surface area contributed by atoms with Gasteiger partial charge in [-0.3, -0.25) is 0 Å². The summed E-state index contributed by atoms with van der Waals surface area (Å²) in [5.74, 6) is 0. The van der Waals surface area contributed by atoms with Crippen LogP contribution in [0.5, 0.6) is 0 Å². The Labute approximate surface area is 87.3 Å². The van der Waals surface area contributed by atoms with Crippen molar-refractivity contribution in [2.24, 2.45) is 0 Å². The Morgan fingerprint density at radius 1 is 1.31 bits per heavy atom. The summed E-state index contributed by atoms with van der Waals surface area (Å²) >= 11 is 9.05. The van der Waals surface area contributed by atoms with Gasteiger partial charge in [0.05, 0.1) is 0 Å². The largest absolute Gasteiger partial charge is 0.423 e. The summed E-state index contributed by atoms with van der Waals surface area (Å²) < 4.78 is 5.65. The molecular weight excluding hydrogens is 255 g/mol. The maximum absolute atomic E-state index is 11.0. The molecule has 0 saturated carbocycles. The Morgan fingerprint density at radius 2 is 2.08 bits per heavy atom. The van der Waals surface area contributed by atoms with Gasteiger partial charge in [-0.25, -0.2) is 4.79 Å². The van der Waals surface area contributed by atoms with Crippen LogP contribution in [0.15, 0.2) is 37.9 Å². The second-order valence-electron chi connectivity index (χ2n) is 2.55. The van der Waals surface area contributed by atoms with Crippen LogP contribution in [-0.2, 0) is 0 Å². The summed E-state index contributed by atoms with van der Waals surface area (Å²) in [7, 11) is 0. The molecular formula is C9H4BrClO2. The van der Waals surface area contributed by atoms with Crippen LogP contribution in [0.1, 0.15) is 0 Å². The van der Waals surface area contributed by atoms with E-state index in [0.717, 1.165) is 5.39 Å². The molecule has 0 fully saturated rings. The predicted molar refractivity (Wildman–Crippen MR) is 55.2 cm³/mol. The molecule has 2 nitrogen and oxygen atoms in total. The molecule has 1 aromatic carbocycles. The van der Waals surface area contributed by atoms with E-state index < -0.39 is 0 Å². The lowest BCUT2D eigenvalue weighted by Crippen LogP contribution is -1.95. The van der Waals surface area contributed by atoms with Gasteiger partial charge in [0.1, 0.15) is 5.58 Å². The fourth-order valence-electron chi connectivity index (χ4n) is 1.10. The van der Waals surface area contributed by atoms with Crippen molar-refractivity contribution in [3.63, 3.8) is 0 Å². The van der Waals surface area contributed by atoms with Crippen molar-refractivity contribution in [1.29, 1.82) is 0 Å². The third kappa shape index (κ3) is 1.62. The normalized spacial score (nSPS) is 10.6. The smallest absolute Gasteiger partial charge is 0.337 e. The second kappa shape index (κ2) is 3.16. The van der Waals surface area contributed by atoms with Crippen LogP contribution in [0.4, 0.5) is 0 Å². The van der Waals surface area contributed by atoms with E-state index in [2.05, 4.69) is 15.9 Å². The van der Waals surface area contributed by atoms with Gasteiger partial charge in [0.2, 0.25) is 0 Å². The average molecular weight is 259 g/mol. The zero-order valence-electron chi connectivity index (χ0n) is 6.38. The van der Waals surface area contributed by atoms with Crippen LogP contribution in [0.2, 0.25) is 5.02 Å². The number of hydrogen-bond acceptors (Lipinski definition) is 2. The highest BCUT2D eigenvalue weighted by Gasteiger charge is 2.02. The first-order valence-electron chi connectivity index (χ1n) is 3.56. The number of hydrogen-bond donors (Lipinski definition) is 0. The molecule has 0 unspecified atom stereocenters. The lowest BCUT2D eigenvalue weighted by molar-refractivity contribution is 0.560. The molecule has 13 heavy (non-hydrogen) atoms. The predicted octanol–water partition coefficient (Wildman–Crippen LogP) is 3.21. The lowest BCUT2D eigenvalue weighted by atomic mass is 10.2. The van der Waals surface area contributed by atoms with Crippen molar-refractivity contribution < 1.29 is 4.42 Å². The Hall–Kier alpha value is -0.800. The molecule has 0 N–H and O–H groups in total. The molecule has 1 heterocycles. The minimum absolute atomic E-state index is 0.373. The zero-order chi connectivity index (χ0) is 9.42. The van der Waals surface area contributed by atoms with Gasteiger partial charge in [-0.1, -0.05) is 11.6 Å². The molecule has 0 atom stereocenters. The fraction of sp³-hybridized carbons (Fsp3) is 0. The highest BCUT2D eigenvalue weighted by Crippen LogP contribution is 2.24. The van der Waals surface area contributed by atoms with Crippen molar-refractivity contribution >= 4 is 38.5 Å². The molecule has 0 aliphatic heterocycles. The van der Waals surface area contributed by atoms with Crippen LogP contribution in [0.25, 0.3) is 11.0 Å². The number of rotatable bonds is 0. The minimum Gasteiger partial charge on any atom is -0.423 e. The first-order valence-corrected chi connectivity index (χ1v) is 4.73. The Bertz CT molecular complexity index is 518. The van der Waals surface area contributed by atoms with E-state index in [4.69, 9.17) is 16.0 Å². The third-order valence-corrected chi connectivity index (χ3v) is 2.55. The molecule has 0 saturated heterocycles. The van der Waals surface area contributed by atoms with Crippen LogP contribution in [0, 0.1) is 0 Å². The molecule has 0 spiro atoms. The number of benzene rings is 1. The summed E-state index contributed by atoms with van der Waals surface area (Å²) in [4.78, 5) is 11.0. The SMILES string of the molecule is O=c1cc(Br)c2cc(Cl)ccc2o1. The Balaban J connectivity index is 2.95. The molecule has 66 valence electrons.